The molecule has 0 saturated carbocycles. The number of aliphatic hydroxyl groups is 1. The number of likely N-dealkylation sites (tertiary alicyclic amines) is 1. The molecule has 1 aromatic heterocycles. The van der Waals surface area contributed by atoms with Crippen molar-refractivity contribution in [1.82, 2.24) is 14.7 Å². The first kappa shape index (κ1) is 14.0. The van der Waals surface area contributed by atoms with Crippen LogP contribution in [-0.4, -0.2) is 38.9 Å². The molecule has 1 aliphatic rings. The third kappa shape index (κ3) is 2.49. The van der Waals surface area contributed by atoms with Crippen molar-refractivity contribution < 1.29 is 5.11 Å². The summed E-state index contributed by atoms with van der Waals surface area (Å²) in [6, 6.07) is 0.550. The van der Waals surface area contributed by atoms with E-state index in [1.54, 1.807) is 6.20 Å². The van der Waals surface area contributed by atoms with E-state index in [0.29, 0.717) is 6.04 Å². The van der Waals surface area contributed by atoms with Gasteiger partial charge in [0, 0.05) is 25.7 Å². The summed E-state index contributed by atoms with van der Waals surface area (Å²) in [6.45, 7) is 9.13. The van der Waals surface area contributed by atoms with Gasteiger partial charge >= 0.3 is 0 Å². The van der Waals surface area contributed by atoms with E-state index >= 15 is 0 Å². The molecule has 102 valence electrons. The Morgan fingerprint density at radius 1 is 1.44 bits per heavy atom. The molecule has 0 atom stereocenters. The zero-order valence-corrected chi connectivity index (χ0v) is 12.9. The largest absolute Gasteiger partial charge is 0.383 e. The average molecular weight is 316 g/mol. The lowest BCUT2D eigenvalue weighted by molar-refractivity contribution is -0.0392. The van der Waals surface area contributed by atoms with E-state index in [0.717, 1.165) is 42.6 Å². The number of hydrogen-bond donors (Lipinski definition) is 1. The lowest BCUT2D eigenvalue weighted by atomic mass is 9.87. The molecule has 2 rings (SSSR count). The van der Waals surface area contributed by atoms with Gasteiger partial charge < -0.3 is 10.0 Å². The van der Waals surface area contributed by atoms with Gasteiger partial charge in [-0.25, -0.2) is 0 Å². The number of rotatable bonds is 3. The van der Waals surface area contributed by atoms with Crippen LogP contribution in [0.4, 0.5) is 0 Å². The highest BCUT2D eigenvalue weighted by atomic mass is 79.9. The van der Waals surface area contributed by atoms with E-state index < -0.39 is 5.60 Å². The first-order chi connectivity index (χ1) is 8.48. The molecule has 0 bridgehead atoms. The van der Waals surface area contributed by atoms with Gasteiger partial charge in [-0.15, -0.1) is 0 Å². The molecule has 5 heteroatoms. The van der Waals surface area contributed by atoms with E-state index in [-0.39, 0.29) is 0 Å². The molecule has 4 nitrogen and oxygen atoms in total. The Morgan fingerprint density at radius 2 is 2.06 bits per heavy atom. The summed E-state index contributed by atoms with van der Waals surface area (Å²) in [6.07, 6.45) is 3.33. The minimum Gasteiger partial charge on any atom is -0.383 e. The van der Waals surface area contributed by atoms with Gasteiger partial charge in [0.2, 0.25) is 0 Å². The maximum absolute atomic E-state index is 10.9. The molecular weight excluding hydrogens is 294 g/mol. The second-order valence-corrected chi connectivity index (χ2v) is 6.17. The highest BCUT2D eigenvalue weighted by Gasteiger charge is 2.38. The monoisotopic (exact) mass is 315 g/mol. The molecule has 1 aliphatic heterocycles. The summed E-state index contributed by atoms with van der Waals surface area (Å²) in [5.74, 6) is 0. The maximum atomic E-state index is 10.9. The fourth-order valence-corrected chi connectivity index (χ4v) is 3.38. The Balaban J connectivity index is 2.20. The van der Waals surface area contributed by atoms with Gasteiger partial charge in [0.25, 0.3) is 0 Å². The van der Waals surface area contributed by atoms with E-state index in [2.05, 4.69) is 46.7 Å². The minimum atomic E-state index is -0.739. The maximum Gasteiger partial charge on any atom is 0.110 e. The predicted molar refractivity (Wildman–Crippen MR) is 75.4 cm³/mol. The first-order valence-electron chi connectivity index (χ1n) is 6.66. The molecule has 1 aromatic rings. The van der Waals surface area contributed by atoms with Crippen LogP contribution in [0.1, 0.15) is 39.3 Å². The SMILES string of the molecule is CCn1ncc(Br)c1C1(O)CCN(C(C)C)CC1. The molecule has 1 saturated heterocycles. The van der Waals surface area contributed by atoms with Crippen molar-refractivity contribution in [2.75, 3.05) is 13.1 Å². The van der Waals surface area contributed by atoms with Gasteiger partial charge in [-0.05, 0) is 49.5 Å². The topological polar surface area (TPSA) is 41.3 Å². The van der Waals surface area contributed by atoms with Gasteiger partial charge in [-0.3, -0.25) is 4.68 Å². The van der Waals surface area contributed by atoms with E-state index in [4.69, 9.17) is 0 Å². The summed E-state index contributed by atoms with van der Waals surface area (Å²) < 4.78 is 2.82. The molecule has 0 amide bonds. The molecular formula is C13H22BrN3O. The van der Waals surface area contributed by atoms with Gasteiger partial charge in [0.15, 0.2) is 0 Å². The first-order valence-corrected chi connectivity index (χ1v) is 7.45. The number of aromatic nitrogens is 2. The second kappa shape index (κ2) is 5.31. The Labute approximate surface area is 117 Å². The van der Waals surface area contributed by atoms with Crippen LogP contribution in [0.25, 0.3) is 0 Å². The van der Waals surface area contributed by atoms with Crippen LogP contribution in [0.15, 0.2) is 10.7 Å². The highest BCUT2D eigenvalue weighted by molar-refractivity contribution is 9.10. The van der Waals surface area contributed by atoms with Gasteiger partial charge in [0.05, 0.1) is 16.4 Å². The normalized spacial score (nSPS) is 20.6. The van der Waals surface area contributed by atoms with Crippen LogP contribution >= 0.6 is 15.9 Å². The van der Waals surface area contributed by atoms with Crippen molar-refractivity contribution in [3.05, 3.63) is 16.4 Å². The third-order valence-electron chi connectivity index (χ3n) is 3.89. The summed E-state index contributed by atoms with van der Waals surface area (Å²) in [7, 11) is 0. The van der Waals surface area contributed by atoms with Crippen molar-refractivity contribution in [2.45, 2.75) is 51.8 Å². The molecule has 0 radical (unpaired) electrons. The van der Waals surface area contributed by atoms with E-state index in [9.17, 15) is 5.11 Å². The molecule has 0 aromatic carbocycles. The molecule has 1 fully saturated rings. The highest BCUT2D eigenvalue weighted by Crippen LogP contribution is 2.37. The summed E-state index contributed by atoms with van der Waals surface area (Å²) in [5.41, 5.74) is 0.199. The van der Waals surface area contributed by atoms with Crippen molar-refractivity contribution in [3.63, 3.8) is 0 Å². The van der Waals surface area contributed by atoms with Crippen LogP contribution in [0, 0.1) is 0 Å². The Morgan fingerprint density at radius 3 is 2.56 bits per heavy atom. The van der Waals surface area contributed by atoms with Crippen molar-refractivity contribution >= 4 is 15.9 Å². The second-order valence-electron chi connectivity index (χ2n) is 5.32. The Bertz CT molecular complexity index is 408. The average Bonchev–Trinajstić information content (AvgIpc) is 2.71. The fraction of sp³-hybridized carbons (Fsp3) is 0.769. The molecule has 18 heavy (non-hydrogen) atoms. The van der Waals surface area contributed by atoms with E-state index in [1.165, 1.54) is 0 Å². The number of piperidine rings is 1. The lowest BCUT2D eigenvalue weighted by Crippen LogP contribution is -2.46. The van der Waals surface area contributed by atoms with Crippen molar-refractivity contribution in [3.8, 4) is 0 Å². The van der Waals surface area contributed by atoms with Crippen LogP contribution in [-0.2, 0) is 12.1 Å². The van der Waals surface area contributed by atoms with Crippen LogP contribution in [0.2, 0.25) is 0 Å². The predicted octanol–water partition coefficient (Wildman–Crippen LogP) is 2.36. The molecule has 1 N–H and O–H groups in total. The smallest absolute Gasteiger partial charge is 0.110 e. The number of aryl methyl sites for hydroxylation is 1. The minimum absolute atomic E-state index is 0.550. The third-order valence-corrected chi connectivity index (χ3v) is 4.47. The van der Waals surface area contributed by atoms with Crippen LogP contribution < -0.4 is 0 Å². The molecule has 0 unspecified atom stereocenters. The Hall–Kier alpha value is -0.390. The molecule has 0 spiro atoms. The molecule has 0 aliphatic carbocycles. The number of nitrogens with zero attached hydrogens (tertiary/aromatic N) is 3. The summed E-state index contributed by atoms with van der Waals surface area (Å²) in [5, 5.41) is 15.2. The van der Waals surface area contributed by atoms with Crippen molar-refractivity contribution in [2.24, 2.45) is 0 Å². The fourth-order valence-electron chi connectivity index (χ4n) is 2.71. The van der Waals surface area contributed by atoms with Gasteiger partial charge in [0.1, 0.15) is 5.60 Å². The quantitative estimate of drug-likeness (QED) is 0.931. The molecule has 2 heterocycles. The Kier molecular flexibility index (Phi) is 4.14. The zero-order valence-electron chi connectivity index (χ0n) is 11.4. The van der Waals surface area contributed by atoms with Gasteiger partial charge in [-0.1, -0.05) is 0 Å². The number of halogens is 1. The summed E-state index contributed by atoms with van der Waals surface area (Å²) in [4.78, 5) is 2.41. The van der Waals surface area contributed by atoms with Gasteiger partial charge in [-0.2, -0.15) is 5.10 Å². The van der Waals surface area contributed by atoms with Crippen LogP contribution in [0.5, 0.6) is 0 Å². The standard InChI is InChI=1S/C13H22BrN3O/c1-4-17-12(11(14)9-15-17)13(18)5-7-16(8-6-13)10(2)3/h9-10,18H,4-8H2,1-3H3. The lowest BCUT2D eigenvalue weighted by Gasteiger charge is -2.40. The number of hydrogen-bond acceptors (Lipinski definition) is 3. The summed E-state index contributed by atoms with van der Waals surface area (Å²) >= 11 is 3.52. The van der Waals surface area contributed by atoms with E-state index in [1.807, 2.05) is 4.68 Å². The zero-order chi connectivity index (χ0) is 13.3. The van der Waals surface area contributed by atoms with Crippen LogP contribution in [0.3, 0.4) is 0 Å². The van der Waals surface area contributed by atoms with Crippen molar-refractivity contribution in [1.29, 1.82) is 0 Å².